The molecular formula is C15H31IN4O. The second-order valence-electron chi connectivity index (χ2n) is 5.55. The number of aliphatic imine (C=N–C) groups is 1. The van der Waals surface area contributed by atoms with Crippen LogP contribution in [0.25, 0.3) is 0 Å². The molecule has 1 aliphatic carbocycles. The number of hydrogen-bond donors (Lipinski definition) is 3. The van der Waals surface area contributed by atoms with Gasteiger partial charge >= 0.3 is 0 Å². The number of rotatable bonds is 9. The molecule has 0 atom stereocenters. The van der Waals surface area contributed by atoms with Crippen LogP contribution in [0.2, 0.25) is 0 Å². The van der Waals surface area contributed by atoms with E-state index in [0.717, 1.165) is 25.8 Å². The Hall–Kier alpha value is -0.530. The standard InChI is InChI=1S/C15H30N4O.HI/c1-2-3-4-7-11-17-15(16)18-12-10-14(20)19-13-8-5-6-9-13;/h13H,2-12H2,1H3,(H,19,20)(H3,16,17,18);1H. The molecule has 5 nitrogen and oxygen atoms in total. The minimum absolute atomic E-state index is 0. The first-order valence-corrected chi connectivity index (χ1v) is 8.05. The fraction of sp³-hybridized carbons (Fsp3) is 0.867. The summed E-state index contributed by atoms with van der Waals surface area (Å²) in [5.74, 6) is 0.565. The molecule has 4 N–H and O–H groups in total. The number of halogens is 1. The van der Waals surface area contributed by atoms with Crippen LogP contribution in [-0.2, 0) is 4.79 Å². The molecule has 1 aliphatic rings. The van der Waals surface area contributed by atoms with Crippen LogP contribution < -0.4 is 16.4 Å². The molecule has 124 valence electrons. The predicted octanol–water partition coefficient (Wildman–Crippen LogP) is 2.54. The Kier molecular flexibility index (Phi) is 12.8. The van der Waals surface area contributed by atoms with Crippen molar-refractivity contribution in [1.82, 2.24) is 10.6 Å². The molecule has 0 spiro atoms. The van der Waals surface area contributed by atoms with Crippen molar-refractivity contribution in [2.75, 3.05) is 13.1 Å². The maximum atomic E-state index is 11.7. The number of carbonyl (C=O) groups excluding carboxylic acids is 1. The van der Waals surface area contributed by atoms with E-state index in [1.807, 2.05) is 0 Å². The minimum atomic E-state index is 0. The zero-order chi connectivity index (χ0) is 14.6. The van der Waals surface area contributed by atoms with E-state index >= 15 is 0 Å². The Bertz CT molecular complexity index is 304. The summed E-state index contributed by atoms with van der Waals surface area (Å²) < 4.78 is 0. The molecular weight excluding hydrogens is 379 g/mol. The van der Waals surface area contributed by atoms with Crippen molar-refractivity contribution in [2.45, 2.75) is 70.8 Å². The third-order valence-corrected chi connectivity index (χ3v) is 3.67. The second-order valence-corrected chi connectivity index (χ2v) is 5.55. The van der Waals surface area contributed by atoms with Crippen LogP contribution >= 0.6 is 24.0 Å². The third kappa shape index (κ3) is 10.8. The molecule has 0 aliphatic heterocycles. The van der Waals surface area contributed by atoms with E-state index in [1.54, 1.807) is 0 Å². The number of amides is 1. The Morgan fingerprint density at radius 2 is 1.95 bits per heavy atom. The van der Waals surface area contributed by atoms with E-state index in [2.05, 4.69) is 22.5 Å². The highest BCUT2D eigenvalue weighted by molar-refractivity contribution is 14.0. The van der Waals surface area contributed by atoms with Crippen LogP contribution in [0.5, 0.6) is 0 Å². The van der Waals surface area contributed by atoms with Gasteiger partial charge in [0.1, 0.15) is 0 Å². The van der Waals surface area contributed by atoms with Crippen LogP contribution in [0.3, 0.4) is 0 Å². The van der Waals surface area contributed by atoms with Gasteiger partial charge in [-0.05, 0) is 19.3 Å². The predicted molar refractivity (Wildman–Crippen MR) is 99.1 cm³/mol. The summed E-state index contributed by atoms with van der Waals surface area (Å²) in [6.07, 6.45) is 9.96. The molecule has 1 amide bonds. The van der Waals surface area contributed by atoms with Gasteiger partial charge < -0.3 is 16.4 Å². The van der Waals surface area contributed by atoms with Gasteiger partial charge in [-0.15, -0.1) is 24.0 Å². The number of unbranched alkanes of at least 4 members (excludes halogenated alkanes) is 3. The van der Waals surface area contributed by atoms with Gasteiger partial charge in [-0.1, -0.05) is 39.0 Å². The van der Waals surface area contributed by atoms with Gasteiger partial charge in [0, 0.05) is 25.6 Å². The number of guanidine groups is 1. The maximum absolute atomic E-state index is 11.7. The van der Waals surface area contributed by atoms with Crippen molar-refractivity contribution in [3.63, 3.8) is 0 Å². The molecule has 0 radical (unpaired) electrons. The van der Waals surface area contributed by atoms with Gasteiger partial charge in [0.15, 0.2) is 5.96 Å². The van der Waals surface area contributed by atoms with Crippen LogP contribution in [0.1, 0.15) is 64.7 Å². The Labute approximate surface area is 145 Å². The zero-order valence-corrected chi connectivity index (χ0v) is 15.5. The van der Waals surface area contributed by atoms with Crippen molar-refractivity contribution in [3.8, 4) is 0 Å². The first-order valence-electron chi connectivity index (χ1n) is 8.05. The number of nitrogens with one attached hydrogen (secondary N) is 2. The summed E-state index contributed by atoms with van der Waals surface area (Å²) in [6.45, 7) is 3.52. The van der Waals surface area contributed by atoms with E-state index in [9.17, 15) is 4.79 Å². The maximum Gasteiger partial charge on any atom is 0.221 e. The molecule has 0 aromatic heterocycles. The SMILES string of the molecule is CCCCCCN=C(N)NCCC(=O)NC1CCCC1.I. The first kappa shape index (κ1) is 20.5. The number of nitrogens with zero attached hydrogens (tertiary/aromatic N) is 1. The lowest BCUT2D eigenvalue weighted by Gasteiger charge is -2.12. The molecule has 0 saturated heterocycles. The Balaban J connectivity index is 0.00000400. The largest absolute Gasteiger partial charge is 0.370 e. The summed E-state index contributed by atoms with van der Waals surface area (Å²) in [6, 6.07) is 0.395. The highest BCUT2D eigenvalue weighted by Crippen LogP contribution is 2.17. The molecule has 0 heterocycles. The molecule has 1 saturated carbocycles. The van der Waals surface area contributed by atoms with Crippen molar-refractivity contribution in [3.05, 3.63) is 0 Å². The van der Waals surface area contributed by atoms with Crippen molar-refractivity contribution >= 4 is 35.8 Å². The summed E-state index contributed by atoms with van der Waals surface area (Å²) >= 11 is 0. The summed E-state index contributed by atoms with van der Waals surface area (Å²) in [7, 11) is 0. The Morgan fingerprint density at radius 3 is 2.62 bits per heavy atom. The average Bonchev–Trinajstić information content (AvgIpc) is 2.91. The van der Waals surface area contributed by atoms with Crippen molar-refractivity contribution in [2.24, 2.45) is 10.7 Å². The van der Waals surface area contributed by atoms with E-state index in [-0.39, 0.29) is 29.9 Å². The minimum Gasteiger partial charge on any atom is -0.370 e. The summed E-state index contributed by atoms with van der Waals surface area (Å²) in [4.78, 5) is 15.9. The van der Waals surface area contributed by atoms with Crippen LogP contribution in [0, 0.1) is 0 Å². The lowest BCUT2D eigenvalue weighted by atomic mass is 10.2. The van der Waals surface area contributed by atoms with Gasteiger partial charge in [0.2, 0.25) is 5.91 Å². The van der Waals surface area contributed by atoms with E-state index in [0.29, 0.717) is 25.0 Å². The fourth-order valence-electron chi connectivity index (χ4n) is 2.47. The monoisotopic (exact) mass is 410 g/mol. The van der Waals surface area contributed by atoms with E-state index in [1.165, 1.54) is 32.1 Å². The number of carbonyl (C=O) groups is 1. The molecule has 6 heteroatoms. The molecule has 21 heavy (non-hydrogen) atoms. The van der Waals surface area contributed by atoms with Gasteiger partial charge in [0.05, 0.1) is 0 Å². The highest BCUT2D eigenvalue weighted by Gasteiger charge is 2.16. The lowest BCUT2D eigenvalue weighted by Crippen LogP contribution is -2.37. The van der Waals surface area contributed by atoms with Gasteiger partial charge in [-0.25, -0.2) is 0 Å². The van der Waals surface area contributed by atoms with Gasteiger partial charge in [0.25, 0.3) is 0 Å². The van der Waals surface area contributed by atoms with Gasteiger partial charge in [-0.3, -0.25) is 9.79 Å². The molecule has 0 bridgehead atoms. The second kappa shape index (κ2) is 13.2. The van der Waals surface area contributed by atoms with E-state index in [4.69, 9.17) is 5.73 Å². The molecule has 1 rings (SSSR count). The van der Waals surface area contributed by atoms with E-state index < -0.39 is 0 Å². The average molecular weight is 410 g/mol. The number of nitrogens with two attached hydrogens (primary N) is 1. The summed E-state index contributed by atoms with van der Waals surface area (Å²) in [5, 5.41) is 6.06. The highest BCUT2D eigenvalue weighted by atomic mass is 127. The topological polar surface area (TPSA) is 79.5 Å². The van der Waals surface area contributed by atoms with Crippen molar-refractivity contribution < 1.29 is 4.79 Å². The molecule has 0 aromatic carbocycles. The first-order chi connectivity index (χ1) is 9.72. The normalized spacial score (nSPS) is 15.6. The van der Waals surface area contributed by atoms with Crippen molar-refractivity contribution in [1.29, 1.82) is 0 Å². The molecule has 0 unspecified atom stereocenters. The fourth-order valence-corrected chi connectivity index (χ4v) is 2.47. The quantitative estimate of drug-likeness (QED) is 0.237. The third-order valence-electron chi connectivity index (χ3n) is 3.67. The molecule has 1 fully saturated rings. The Morgan fingerprint density at radius 1 is 1.24 bits per heavy atom. The lowest BCUT2D eigenvalue weighted by molar-refractivity contribution is -0.121. The molecule has 0 aromatic rings. The van der Waals surface area contributed by atoms with Gasteiger partial charge in [-0.2, -0.15) is 0 Å². The smallest absolute Gasteiger partial charge is 0.221 e. The van der Waals surface area contributed by atoms with Crippen LogP contribution in [-0.4, -0.2) is 31.0 Å². The van der Waals surface area contributed by atoms with Crippen LogP contribution in [0.15, 0.2) is 4.99 Å². The van der Waals surface area contributed by atoms with Crippen LogP contribution in [0.4, 0.5) is 0 Å². The number of hydrogen-bond acceptors (Lipinski definition) is 2. The summed E-state index contributed by atoms with van der Waals surface area (Å²) in [5.41, 5.74) is 5.75. The zero-order valence-electron chi connectivity index (χ0n) is 13.2.